The third-order valence-electron chi connectivity index (χ3n) is 5.45. The van der Waals surface area contributed by atoms with Crippen LogP contribution in [0.25, 0.3) is 0 Å². The Bertz CT molecular complexity index is 733. The quantitative estimate of drug-likeness (QED) is 0.836. The summed E-state index contributed by atoms with van der Waals surface area (Å²) in [5.74, 6) is -0.176. The van der Waals surface area contributed by atoms with Gasteiger partial charge in [-0.15, -0.1) is 0 Å². The SMILES string of the molecule is Cc1ccc(CCC(=O)N2C3CCC2CC(S(C)(=O)=O)C3)cc1F. The molecule has 0 N–H and O–H groups in total. The molecule has 3 rings (SSSR count). The third kappa shape index (κ3) is 3.48. The molecule has 24 heavy (non-hydrogen) atoms. The number of hydrogen-bond donors (Lipinski definition) is 0. The summed E-state index contributed by atoms with van der Waals surface area (Å²) in [5, 5.41) is -0.315. The molecule has 0 saturated carbocycles. The molecule has 2 heterocycles. The van der Waals surface area contributed by atoms with E-state index in [0.717, 1.165) is 18.4 Å². The lowest BCUT2D eigenvalue weighted by Crippen LogP contribution is -2.49. The van der Waals surface area contributed by atoms with E-state index in [-0.39, 0.29) is 29.1 Å². The molecule has 0 aromatic heterocycles. The maximum absolute atomic E-state index is 13.6. The van der Waals surface area contributed by atoms with Gasteiger partial charge in [-0.05, 0) is 56.2 Å². The van der Waals surface area contributed by atoms with Crippen LogP contribution in [0.4, 0.5) is 4.39 Å². The zero-order valence-electron chi connectivity index (χ0n) is 14.2. The van der Waals surface area contributed by atoms with E-state index in [2.05, 4.69) is 0 Å². The molecule has 0 spiro atoms. The maximum atomic E-state index is 13.6. The fourth-order valence-electron chi connectivity index (χ4n) is 4.06. The predicted molar refractivity (Wildman–Crippen MR) is 91.0 cm³/mol. The summed E-state index contributed by atoms with van der Waals surface area (Å²) in [6, 6.07) is 5.18. The molecule has 2 fully saturated rings. The molecule has 2 saturated heterocycles. The van der Waals surface area contributed by atoms with Crippen molar-refractivity contribution in [3.8, 4) is 0 Å². The van der Waals surface area contributed by atoms with Gasteiger partial charge in [0.05, 0.1) is 5.25 Å². The number of piperidine rings is 1. The number of sulfone groups is 1. The van der Waals surface area contributed by atoms with Gasteiger partial charge >= 0.3 is 0 Å². The lowest BCUT2D eigenvalue weighted by Gasteiger charge is -2.38. The van der Waals surface area contributed by atoms with Gasteiger partial charge in [0, 0.05) is 24.8 Å². The molecule has 2 aliphatic heterocycles. The van der Waals surface area contributed by atoms with Crippen LogP contribution in [-0.4, -0.2) is 42.8 Å². The molecule has 4 nitrogen and oxygen atoms in total. The van der Waals surface area contributed by atoms with Crippen LogP contribution in [0.1, 0.15) is 43.2 Å². The van der Waals surface area contributed by atoms with Crippen molar-refractivity contribution in [3.63, 3.8) is 0 Å². The number of halogens is 1. The van der Waals surface area contributed by atoms with Gasteiger partial charge in [0.25, 0.3) is 0 Å². The number of aryl methyl sites for hydroxylation is 2. The molecule has 2 bridgehead atoms. The van der Waals surface area contributed by atoms with Crippen LogP contribution in [0.15, 0.2) is 18.2 Å². The van der Waals surface area contributed by atoms with Gasteiger partial charge in [-0.2, -0.15) is 0 Å². The molecule has 0 aliphatic carbocycles. The van der Waals surface area contributed by atoms with E-state index in [9.17, 15) is 17.6 Å². The van der Waals surface area contributed by atoms with E-state index < -0.39 is 9.84 Å². The van der Waals surface area contributed by atoms with Crippen molar-refractivity contribution in [1.82, 2.24) is 4.90 Å². The molecular formula is C18H24FNO3S. The van der Waals surface area contributed by atoms with E-state index in [1.165, 1.54) is 12.3 Å². The van der Waals surface area contributed by atoms with Crippen LogP contribution in [0.5, 0.6) is 0 Å². The first-order chi connectivity index (χ1) is 11.3. The van der Waals surface area contributed by atoms with E-state index in [1.807, 2.05) is 11.0 Å². The topological polar surface area (TPSA) is 54.5 Å². The van der Waals surface area contributed by atoms with Crippen molar-refractivity contribution in [2.75, 3.05) is 6.26 Å². The lowest BCUT2D eigenvalue weighted by molar-refractivity contribution is -0.135. The molecule has 2 atom stereocenters. The molecule has 1 aromatic carbocycles. The Balaban J connectivity index is 1.63. The largest absolute Gasteiger partial charge is 0.337 e. The van der Waals surface area contributed by atoms with Gasteiger partial charge in [0.1, 0.15) is 15.7 Å². The van der Waals surface area contributed by atoms with Crippen molar-refractivity contribution < 1.29 is 17.6 Å². The number of carbonyl (C=O) groups is 1. The highest BCUT2D eigenvalue weighted by atomic mass is 32.2. The second kappa shape index (κ2) is 6.47. The molecule has 1 aromatic rings. The standard InChI is InChI=1S/C18H24FNO3S/c1-12-3-4-13(9-17(12)19)5-8-18(21)20-14-6-7-15(20)11-16(10-14)24(2,22)23/h3-4,9,14-16H,5-8,10-11H2,1-2H3. The van der Waals surface area contributed by atoms with Crippen LogP contribution in [0.3, 0.4) is 0 Å². The number of fused-ring (bicyclic) bond motifs is 2. The summed E-state index contributed by atoms with van der Waals surface area (Å²) in [5.41, 5.74) is 1.43. The summed E-state index contributed by atoms with van der Waals surface area (Å²) < 4.78 is 37.2. The van der Waals surface area contributed by atoms with Gasteiger partial charge in [-0.3, -0.25) is 4.79 Å². The Hall–Kier alpha value is -1.43. The zero-order valence-corrected chi connectivity index (χ0v) is 15.0. The number of carbonyl (C=O) groups excluding carboxylic acids is 1. The van der Waals surface area contributed by atoms with E-state index in [4.69, 9.17) is 0 Å². The zero-order chi connectivity index (χ0) is 17.5. The maximum Gasteiger partial charge on any atom is 0.223 e. The van der Waals surface area contributed by atoms with Crippen LogP contribution in [0.2, 0.25) is 0 Å². The first-order valence-corrected chi connectivity index (χ1v) is 10.5. The van der Waals surface area contributed by atoms with Gasteiger partial charge in [-0.25, -0.2) is 12.8 Å². The summed E-state index contributed by atoms with van der Waals surface area (Å²) >= 11 is 0. The molecule has 2 aliphatic rings. The Kier molecular flexibility index (Phi) is 4.69. The highest BCUT2D eigenvalue weighted by Crippen LogP contribution is 2.38. The first kappa shape index (κ1) is 17.4. The Morgan fingerprint density at radius 2 is 1.88 bits per heavy atom. The summed E-state index contributed by atoms with van der Waals surface area (Å²) in [6.07, 6.45) is 5.05. The predicted octanol–water partition coefficient (Wildman–Crippen LogP) is 2.63. The van der Waals surface area contributed by atoms with E-state index in [1.54, 1.807) is 13.0 Å². The minimum Gasteiger partial charge on any atom is -0.337 e. The highest BCUT2D eigenvalue weighted by molar-refractivity contribution is 7.91. The second-order valence-corrected chi connectivity index (χ2v) is 9.52. The molecule has 2 unspecified atom stereocenters. The average molecular weight is 353 g/mol. The van der Waals surface area contributed by atoms with Gasteiger partial charge in [0.15, 0.2) is 0 Å². The van der Waals surface area contributed by atoms with E-state index >= 15 is 0 Å². The number of benzene rings is 1. The molecule has 132 valence electrons. The average Bonchev–Trinajstić information content (AvgIpc) is 2.77. The fourth-order valence-corrected chi connectivity index (χ4v) is 5.20. The van der Waals surface area contributed by atoms with E-state index in [0.29, 0.717) is 31.2 Å². The summed E-state index contributed by atoms with van der Waals surface area (Å²) in [4.78, 5) is 14.5. The molecule has 0 radical (unpaired) electrons. The number of amides is 1. The van der Waals surface area contributed by atoms with Gasteiger partial charge in [0.2, 0.25) is 5.91 Å². The highest BCUT2D eigenvalue weighted by Gasteiger charge is 2.45. The summed E-state index contributed by atoms with van der Waals surface area (Å²) in [6.45, 7) is 1.72. The van der Waals surface area contributed by atoms with Crippen LogP contribution in [-0.2, 0) is 21.1 Å². The Labute approximate surface area is 143 Å². The van der Waals surface area contributed by atoms with Crippen molar-refractivity contribution in [3.05, 3.63) is 35.1 Å². The minimum atomic E-state index is -3.04. The normalized spacial score (nSPS) is 26.6. The fraction of sp³-hybridized carbons (Fsp3) is 0.611. The third-order valence-corrected chi connectivity index (χ3v) is 7.04. The minimum absolute atomic E-state index is 0.0470. The lowest BCUT2D eigenvalue weighted by atomic mass is 10.0. The second-order valence-electron chi connectivity index (χ2n) is 7.19. The van der Waals surface area contributed by atoms with Crippen molar-refractivity contribution in [2.45, 2.75) is 62.8 Å². The number of hydrogen-bond acceptors (Lipinski definition) is 3. The molecule has 6 heteroatoms. The van der Waals surface area contributed by atoms with Gasteiger partial charge < -0.3 is 4.90 Å². The van der Waals surface area contributed by atoms with Gasteiger partial charge in [-0.1, -0.05) is 12.1 Å². The van der Waals surface area contributed by atoms with Crippen LogP contribution >= 0.6 is 0 Å². The van der Waals surface area contributed by atoms with Crippen molar-refractivity contribution >= 4 is 15.7 Å². The van der Waals surface area contributed by atoms with Crippen LogP contribution < -0.4 is 0 Å². The number of rotatable bonds is 4. The van der Waals surface area contributed by atoms with Crippen molar-refractivity contribution in [1.29, 1.82) is 0 Å². The molecular weight excluding hydrogens is 329 g/mol. The molecule has 1 amide bonds. The smallest absolute Gasteiger partial charge is 0.223 e. The van der Waals surface area contributed by atoms with Crippen molar-refractivity contribution in [2.24, 2.45) is 0 Å². The number of nitrogens with zero attached hydrogens (tertiary/aromatic N) is 1. The Morgan fingerprint density at radius 1 is 1.25 bits per heavy atom. The van der Waals surface area contributed by atoms with Crippen LogP contribution in [0, 0.1) is 12.7 Å². The summed E-state index contributed by atoms with van der Waals surface area (Å²) in [7, 11) is -3.04. The monoisotopic (exact) mass is 353 g/mol. The first-order valence-electron chi connectivity index (χ1n) is 8.51. The Morgan fingerprint density at radius 3 is 2.42 bits per heavy atom.